The Morgan fingerprint density at radius 1 is 1.18 bits per heavy atom. The lowest BCUT2D eigenvalue weighted by atomic mass is 10.2. The number of hydrogen-bond acceptors (Lipinski definition) is 4. The molecule has 0 saturated carbocycles. The topological polar surface area (TPSA) is 56.3 Å². The molecule has 0 spiro atoms. The van der Waals surface area contributed by atoms with E-state index in [0.717, 1.165) is 26.2 Å². The van der Waals surface area contributed by atoms with Crippen LogP contribution in [-0.4, -0.2) is 31.1 Å². The first-order valence-electron chi connectivity index (χ1n) is 5.71. The van der Waals surface area contributed by atoms with Gasteiger partial charge in [0.15, 0.2) is 0 Å². The van der Waals surface area contributed by atoms with Crippen LogP contribution in [0.2, 0.25) is 0 Å². The lowest BCUT2D eigenvalue weighted by Crippen LogP contribution is -2.47. The summed E-state index contributed by atoms with van der Waals surface area (Å²) in [6.07, 6.45) is 1.40. The number of piperazine rings is 1. The van der Waals surface area contributed by atoms with Crippen LogP contribution in [0.4, 0.5) is 5.69 Å². The van der Waals surface area contributed by atoms with Crippen LogP contribution in [0, 0.1) is 11.3 Å². The number of nitriles is 1. The van der Waals surface area contributed by atoms with E-state index in [9.17, 15) is 0 Å². The van der Waals surface area contributed by atoms with Crippen molar-refractivity contribution in [2.24, 2.45) is 5.73 Å². The zero-order chi connectivity index (χ0) is 12.1. The first-order valence-corrected chi connectivity index (χ1v) is 5.71. The fraction of sp³-hybridized carbons (Fsp3) is 0.308. The summed E-state index contributed by atoms with van der Waals surface area (Å²) in [4.78, 5) is 4.37. The molecule has 0 atom stereocenters. The van der Waals surface area contributed by atoms with Gasteiger partial charge in [-0.2, -0.15) is 5.26 Å². The van der Waals surface area contributed by atoms with E-state index in [0.29, 0.717) is 5.82 Å². The van der Waals surface area contributed by atoms with Crippen LogP contribution in [0.1, 0.15) is 0 Å². The lowest BCUT2D eigenvalue weighted by molar-refractivity contribution is 0.318. The lowest BCUT2D eigenvalue weighted by Gasteiger charge is -2.37. The molecule has 0 aromatic heterocycles. The highest BCUT2D eigenvalue weighted by Gasteiger charge is 2.17. The summed E-state index contributed by atoms with van der Waals surface area (Å²) in [6, 6.07) is 12.3. The minimum Gasteiger partial charge on any atom is -0.385 e. The van der Waals surface area contributed by atoms with E-state index >= 15 is 0 Å². The molecule has 1 aliphatic rings. The third-order valence-corrected chi connectivity index (χ3v) is 2.98. The molecule has 1 heterocycles. The molecule has 1 aliphatic heterocycles. The molecular formula is C13H16N4. The number of nitrogens with zero attached hydrogens (tertiary/aromatic N) is 3. The summed E-state index contributed by atoms with van der Waals surface area (Å²) in [5, 5.41) is 8.55. The minimum absolute atomic E-state index is 0.570. The smallest absolute Gasteiger partial charge is 0.109 e. The van der Waals surface area contributed by atoms with Crippen LogP contribution in [-0.2, 0) is 0 Å². The Kier molecular flexibility index (Phi) is 3.51. The fourth-order valence-electron chi connectivity index (χ4n) is 2.02. The summed E-state index contributed by atoms with van der Waals surface area (Å²) in [5.74, 6) is 0.570. The molecule has 2 rings (SSSR count). The molecule has 4 heteroatoms. The summed E-state index contributed by atoms with van der Waals surface area (Å²) in [7, 11) is 0. The van der Waals surface area contributed by atoms with Gasteiger partial charge >= 0.3 is 0 Å². The number of benzene rings is 1. The first kappa shape index (κ1) is 11.3. The number of nitrogens with two attached hydrogens (primary N) is 1. The van der Waals surface area contributed by atoms with Gasteiger partial charge in [0.1, 0.15) is 5.82 Å². The maximum atomic E-state index is 8.55. The summed E-state index contributed by atoms with van der Waals surface area (Å²) in [6.45, 7) is 3.59. The van der Waals surface area contributed by atoms with E-state index in [1.807, 2.05) is 29.2 Å². The maximum Gasteiger partial charge on any atom is 0.109 e. The molecule has 17 heavy (non-hydrogen) atoms. The normalized spacial score (nSPS) is 16.8. The van der Waals surface area contributed by atoms with Crippen molar-refractivity contribution < 1.29 is 0 Å². The highest BCUT2D eigenvalue weighted by Crippen LogP contribution is 2.16. The molecule has 1 fully saturated rings. The van der Waals surface area contributed by atoms with Crippen molar-refractivity contribution in [1.29, 1.82) is 5.26 Å². The molecule has 1 aromatic carbocycles. The molecule has 0 radical (unpaired) electrons. The average molecular weight is 228 g/mol. The van der Waals surface area contributed by atoms with Crippen molar-refractivity contribution in [2.45, 2.75) is 0 Å². The van der Waals surface area contributed by atoms with Gasteiger partial charge in [-0.15, -0.1) is 0 Å². The van der Waals surface area contributed by atoms with Gasteiger partial charge in [0.2, 0.25) is 0 Å². The van der Waals surface area contributed by atoms with E-state index in [1.54, 1.807) is 0 Å². The zero-order valence-corrected chi connectivity index (χ0v) is 9.71. The molecule has 88 valence electrons. The van der Waals surface area contributed by atoms with Gasteiger partial charge in [-0.1, -0.05) is 18.2 Å². The van der Waals surface area contributed by atoms with Crippen molar-refractivity contribution >= 4 is 5.69 Å². The van der Waals surface area contributed by atoms with Crippen molar-refractivity contribution in [3.63, 3.8) is 0 Å². The van der Waals surface area contributed by atoms with Crippen molar-refractivity contribution in [2.75, 3.05) is 31.1 Å². The molecule has 1 aromatic rings. The highest BCUT2D eigenvalue weighted by molar-refractivity contribution is 5.46. The average Bonchev–Trinajstić information content (AvgIpc) is 2.40. The van der Waals surface area contributed by atoms with Crippen molar-refractivity contribution in [3.8, 4) is 6.07 Å². The molecule has 4 nitrogen and oxygen atoms in total. The monoisotopic (exact) mass is 228 g/mol. The van der Waals surface area contributed by atoms with Gasteiger partial charge in [-0.05, 0) is 12.1 Å². The number of anilines is 1. The predicted molar refractivity (Wildman–Crippen MR) is 68.1 cm³/mol. The Balaban J connectivity index is 1.95. The SMILES string of the molecule is N#C/C=C(/N)N1CCN(c2ccccc2)CC1. The van der Waals surface area contributed by atoms with Crippen LogP contribution in [0.5, 0.6) is 0 Å². The summed E-state index contributed by atoms with van der Waals surface area (Å²) in [5.41, 5.74) is 7.03. The van der Waals surface area contributed by atoms with Gasteiger partial charge in [-0.3, -0.25) is 0 Å². The van der Waals surface area contributed by atoms with Gasteiger partial charge in [0, 0.05) is 31.9 Å². The third kappa shape index (κ3) is 2.70. The van der Waals surface area contributed by atoms with Crippen molar-refractivity contribution in [1.82, 2.24) is 4.90 Å². The molecule has 0 aliphatic carbocycles. The zero-order valence-electron chi connectivity index (χ0n) is 9.71. The Morgan fingerprint density at radius 3 is 2.41 bits per heavy atom. The highest BCUT2D eigenvalue weighted by atomic mass is 15.3. The number of para-hydroxylation sites is 1. The molecule has 0 unspecified atom stereocenters. The Labute approximate surface area is 102 Å². The number of allylic oxidation sites excluding steroid dienone is 1. The fourth-order valence-corrected chi connectivity index (χ4v) is 2.02. The van der Waals surface area contributed by atoms with Crippen LogP contribution >= 0.6 is 0 Å². The standard InChI is InChI=1S/C13H16N4/c14-7-6-13(15)17-10-8-16(9-11-17)12-4-2-1-3-5-12/h1-6H,8-11,15H2/b13-6-. The van der Waals surface area contributed by atoms with E-state index in [2.05, 4.69) is 17.0 Å². The summed E-state index contributed by atoms with van der Waals surface area (Å²) < 4.78 is 0. The van der Waals surface area contributed by atoms with Gasteiger partial charge in [-0.25, -0.2) is 0 Å². The minimum atomic E-state index is 0.570. The van der Waals surface area contributed by atoms with E-state index < -0.39 is 0 Å². The first-order chi connectivity index (χ1) is 8.31. The Bertz CT molecular complexity index is 424. The van der Waals surface area contributed by atoms with Crippen LogP contribution in [0.25, 0.3) is 0 Å². The second kappa shape index (κ2) is 5.26. The second-order valence-corrected chi connectivity index (χ2v) is 4.01. The molecule has 2 N–H and O–H groups in total. The summed E-state index contributed by atoms with van der Waals surface area (Å²) >= 11 is 0. The number of hydrogen-bond donors (Lipinski definition) is 1. The second-order valence-electron chi connectivity index (χ2n) is 4.01. The quantitative estimate of drug-likeness (QED) is 0.771. The molecule has 1 saturated heterocycles. The van der Waals surface area contributed by atoms with Gasteiger partial charge < -0.3 is 15.5 Å². The molecule has 0 bridgehead atoms. The predicted octanol–water partition coefficient (Wildman–Crippen LogP) is 1.13. The Morgan fingerprint density at radius 2 is 1.82 bits per heavy atom. The Hall–Kier alpha value is -2.15. The van der Waals surface area contributed by atoms with Crippen LogP contribution in [0.3, 0.4) is 0 Å². The largest absolute Gasteiger partial charge is 0.385 e. The third-order valence-electron chi connectivity index (χ3n) is 2.98. The van der Waals surface area contributed by atoms with Crippen molar-refractivity contribution in [3.05, 3.63) is 42.2 Å². The molecule has 0 amide bonds. The van der Waals surface area contributed by atoms with Gasteiger partial charge in [0.05, 0.1) is 12.1 Å². The van der Waals surface area contributed by atoms with Crippen LogP contribution < -0.4 is 10.6 Å². The van der Waals surface area contributed by atoms with Crippen LogP contribution in [0.15, 0.2) is 42.2 Å². The molecular weight excluding hydrogens is 212 g/mol. The number of rotatable bonds is 2. The van der Waals surface area contributed by atoms with E-state index in [-0.39, 0.29) is 0 Å². The maximum absolute atomic E-state index is 8.55. The van der Waals surface area contributed by atoms with Gasteiger partial charge in [0.25, 0.3) is 0 Å². The van der Waals surface area contributed by atoms with E-state index in [1.165, 1.54) is 11.8 Å². The van der Waals surface area contributed by atoms with E-state index in [4.69, 9.17) is 11.0 Å².